The maximum Gasteiger partial charge on any atom is 0.490 e. The second-order valence-corrected chi connectivity index (χ2v) is 6.83. The first-order valence-corrected chi connectivity index (χ1v) is 7.41. The van der Waals surface area contributed by atoms with Gasteiger partial charge in [0.05, 0.1) is 18.6 Å². The molecule has 0 radical (unpaired) electrons. The van der Waals surface area contributed by atoms with E-state index in [9.17, 15) is 22.8 Å². The first-order valence-electron chi connectivity index (χ1n) is 7.41. The summed E-state index contributed by atoms with van der Waals surface area (Å²) in [6.45, 7) is 5.47. The van der Waals surface area contributed by atoms with Crippen LogP contribution in [-0.2, 0) is 19.1 Å². The van der Waals surface area contributed by atoms with E-state index in [2.05, 4.69) is 4.74 Å². The summed E-state index contributed by atoms with van der Waals surface area (Å²) in [5, 5.41) is 0. The van der Waals surface area contributed by atoms with Gasteiger partial charge in [0.2, 0.25) is 0 Å². The standard InChI is InChI=1S/C15H23F3O4/c1-14(2,3)12(19)21-8-10-4-6-11(7-5-10)9-22-13(20)15(16,17)18/h10-11H,4-9H2,1-3H3. The molecule has 7 heteroatoms. The Morgan fingerprint density at radius 3 is 1.55 bits per heavy atom. The quantitative estimate of drug-likeness (QED) is 0.743. The summed E-state index contributed by atoms with van der Waals surface area (Å²) in [5.74, 6) is -2.22. The molecule has 1 aliphatic rings. The van der Waals surface area contributed by atoms with Crippen molar-refractivity contribution in [3.8, 4) is 0 Å². The molecule has 0 aromatic carbocycles. The number of hydrogen-bond acceptors (Lipinski definition) is 4. The molecular weight excluding hydrogens is 301 g/mol. The average molecular weight is 324 g/mol. The third kappa shape index (κ3) is 6.23. The van der Waals surface area contributed by atoms with Crippen molar-refractivity contribution in [3.63, 3.8) is 0 Å². The maximum absolute atomic E-state index is 12.0. The smallest absolute Gasteiger partial charge is 0.465 e. The van der Waals surface area contributed by atoms with Crippen molar-refractivity contribution in [2.45, 2.75) is 52.6 Å². The van der Waals surface area contributed by atoms with Crippen molar-refractivity contribution in [1.82, 2.24) is 0 Å². The fraction of sp³-hybridized carbons (Fsp3) is 0.867. The van der Waals surface area contributed by atoms with Crippen LogP contribution in [0.3, 0.4) is 0 Å². The van der Waals surface area contributed by atoms with Gasteiger partial charge in [-0.2, -0.15) is 13.2 Å². The lowest BCUT2D eigenvalue weighted by Crippen LogP contribution is -2.30. The Kier molecular flexibility index (Phi) is 6.26. The van der Waals surface area contributed by atoms with Gasteiger partial charge < -0.3 is 9.47 Å². The lowest BCUT2D eigenvalue weighted by molar-refractivity contribution is -0.201. The van der Waals surface area contributed by atoms with Crippen LogP contribution in [0.15, 0.2) is 0 Å². The summed E-state index contributed by atoms with van der Waals surface area (Å²) in [7, 11) is 0. The van der Waals surface area contributed by atoms with Gasteiger partial charge in [0.15, 0.2) is 0 Å². The van der Waals surface area contributed by atoms with Crippen molar-refractivity contribution in [1.29, 1.82) is 0 Å². The predicted octanol–water partition coefficient (Wildman–Crippen LogP) is 3.49. The SMILES string of the molecule is CC(C)(C)C(=O)OCC1CCC(COC(=O)C(F)(F)F)CC1. The number of carbonyl (C=O) groups is 2. The van der Waals surface area contributed by atoms with Crippen molar-refractivity contribution in [3.05, 3.63) is 0 Å². The van der Waals surface area contributed by atoms with E-state index in [4.69, 9.17) is 4.74 Å². The number of alkyl halides is 3. The molecule has 0 spiro atoms. The maximum atomic E-state index is 12.0. The van der Waals surface area contributed by atoms with Crippen LogP contribution in [0.1, 0.15) is 46.5 Å². The Bertz CT molecular complexity index is 353. The first kappa shape index (κ1) is 18.8. The van der Waals surface area contributed by atoms with E-state index in [1.54, 1.807) is 20.8 Å². The molecular formula is C15H23F3O4. The van der Waals surface area contributed by atoms with E-state index in [1.807, 2.05) is 0 Å². The van der Waals surface area contributed by atoms with Crippen LogP contribution in [0, 0.1) is 17.3 Å². The van der Waals surface area contributed by atoms with Crippen LogP contribution in [0.25, 0.3) is 0 Å². The number of esters is 2. The third-order valence-electron chi connectivity index (χ3n) is 3.71. The Morgan fingerprint density at radius 2 is 1.23 bits per heavy atom. The highest BCUT2D eigenvalue weighted by molar-refractivity contribution is 5.75. The van der Waals surface area contributed by atoms with E-state index >= 15 is 0 Å². The van der Waals surface area contributed by atoms with Gasteiger partial charge in [-0.3, -0.25) is 4.79 Å². The molecule has 0 atom stereocenters. The fourth-order valence-corrected chi connectivity index (χ4v) is 2.25. The molecule has 0 amide bonds. The van der Waals surface area contributed by atoms with E-state index in [0.717, 1.165) is 12.8 Å². The minimum absolute atomic E-state index is 0.0548. The molecule has 0 aromatic heterocycles. The minimum Gasteiger partial charge on any atom is -0.465 e. The van der Waals surface area contributed by atoms with Crippen molar-refractivity contribution in [2.75, 3.05) is 13.2 Å². The molecule has 0 heterocycles. The monoisotopic (exact) mass is 324 g/mol. The molecule has 128 valence electrons. The van der Waals surface area contributed by atoms with Gasteiger partial charge >= 0.3 is 18.1 Å². The van der Waals surface area contributed by atoms with E-state index in [0.29, 0.717) is 19.4 Å². The van der Waals surface area contributed by atoms with Gasteiger partial charge in [0.25, 0.3) is 0 Å². The molecule has 0 aromatic rings. The minimum atomic E-state index is -4.93. The molecule has 1 aliphatic carbocycles. The first-order chi connectivity index (χ1) is 10.00. The number of hydrogen-bond donors (Lipinski definition) is 0. The molecule has 0 unspecified atom stereocenters. The van der Waals surface area contributed by atoms with Gasteiger partial charge in [-0.1, -0.05) is 0 Å². The van der Waals surface area contributed by atoms with E-state index in [1.165, 1.54) is 0 Å². The lowest BCUT2D eigenvalue weighted by Gasteiger charge is -2.28. The zero-order valence-corrected chi connectivity index (χ0v) is 13.2. The van der Waals surface area contributed by atoms with Gasteiger partial charge in [-0.05, 0) is 58.3 Å². The molecule has 0 N–H and O–H groups in total. The zero-order chi connectivity index (χ0) is 17.0. The highest BCUT2D eigenvalue weighted by atomic mass is 19.4. The summed E-state index contributed by atoms with van der Waals surface area (Å²) in [6, 6.07) is 0. The van der Waals surface area contributed by atoms with Crippen LogP contribution in [0.4, 0.5) is 13.2 Å². The Hall–Kier alpha value is -1.27. The number of ether oxygens (including phenoxy) is 2. The Morgan fingerprint density at radius 1 is 0.864 bits per heavy atom. The topological polar surface area (TPSA) is 52.6 Å². The molecule has 0 saturated heterocycles. The van der Waals surface area contributed by atoms with Crippen molar-refractivity contribution < 1.29 is 32.2 Å². The molecule has 0 aliphatic heterocycles. The molecule has 1 fully saturated rings. The highest BCUT2D eigenvalue weighted by Gasteiger charge is 2.41. The van der Waals surface area contributed by atoms with Crippen molar-refractivity contribution in [2.24, 2.45) is 17.3 Å². The Balaban J connectivity index is 2.24. The molecule has 1 saturated carbocycles. The van der Waals surface area contributed by atoms with Gasteiger partial charge in [0.1, 0.15) is 0 Å². The second kappa shape index (κ2) is 7.33. The van der Waals surface area contributed by atoms with E-state index in [-0.39, 0.29) is 24.4 Å². The molecule has 1 rings (SSSR count). The van der Waals surface area contributed by atoms with Crippen molar-refractivity contribution >= 4 is 11.9 Å². The summed E-state index contributed by atoms with van der Waals surface area (Å²) in [5.41, 5.74) is -0.539. The predicted molar refractivity (Wildman–Crippen MR) is 72.9 cm³/mol. The van der Waals surface area contributed by atoms with Crippen LogP contribution in [0.2, 0.25) is 0 Å². The summed E-state index contributed by atoms with van der Waals surface area (Å²) in [4.78, 5) is 22.3. The van der Waals surface area contributed by atoms with Gasteiger partial charge in [0, 0.05) is 0 Å². The van der Waals surface area contributed by atoms with Crippen LogP contribution >= 0.6 is 0 Å². The van der Waals surface area contributed by atoms with Crippen LogP contribution < -0.4 is 0 Å². The lowest BCUT2D eigenvalue weighted by atomic mass is 9.83. The second-order valence-electron chi connectivity index (χ2n) is 6.83. The van der Waals surface area contributed by atoms with Gasteiger partial charge in [-0.25, -0.2) is 4.79 Å². The average Bonchev–Trinajstić information content (AvgIpc) is 2.41. The summed E-state index contributed by atoms with van der Waals surface area (Å²) >= 11 is 0. The Labute approximate surface area is 128 Å². The fourth-order valence-electron chi connectivity index (χ4n) is 2.25. The normalized spacial score (nSPS) is 23.0. The zero-order valence-electron chi connectivity index (χ0n) is 13.2. The van der Waals surface area contributed by atoms with Crippen LogP contribution in [-0.4, -0.2) is 31.3 Å². The number of carbonyl (C=O) groups excluding carboxylic acids is 2. The molecule has 22 heavy (non-hydrogen) atoms. The van der Waals surface area contributed by atoms with Crippen LogP contribution in [0.5, 0.6) is 0 Å². The number of rotatable bonds is 4. The third-order valence-corrected chi connectivity index (χ3v) is 3.71. The summed E-state index contributed by atoms with van der Waals surface area (Å²) < 4.78 is 45.6. The largest absolute Gasteiger partial charge is 0.490 e. The van der Waals surface area contributed by atoms with Gasteiger partial charge in [-0.15, -0.1) is 0 Å². The molecule has 0 bridgehead atoms. The highest BCUT2D eigenvalue weighted by Crippen LogP contribution is 2.30. The summed E-state index contributed by atoms with van der Waals surface area (Å²) in [6.07, 6.45) is -2.08. The molecule has 4 nitrogen and oxygen atoms in total. The van der Waals surface area contributed by atoms with E-state index < -0.39 is 17.6 Å². The number of halogens is 3.